The molecule has 2 aromatic rings. The van der Waals surface area contributed by atoms with E-state index in [1.807, 2.05) is 44.2 Å². The number of nitrogens with zero attached hydrogens (tertiary/aromatic N) is 2. The molecule has 0 spiro atoms. The van der Waals surface area contributed by atoms with Gasteiger partial charge in [-0.25, -0.2) is 9.97 Å². The standard InChI is InChI=1S/C18H22N4O2S/c1-12-10-13(2)20-18(19-12)22-21-17(23)15-7-3-4-8-16(15)25-11-14-6-5-9-24-14/h3-4,7-8,10,14H,5-6,9,11H2,1-2H3,(H,21,23)(H,19,20,22). The van der Waals surface area contributed by atoms with Crippen molar-refractivity contribution in [1.82, 2.24) is 15.4 Å². The van der Waals surface area contributed by atoms with Crippen LogP contribution in [0.4, 0.5) is 5.95 Å². The highest BCUT2D eigenvalue weighted by atomic mass is 32.2. The summed E-state index contributed by atoms with van der Waals surface area (Å²) in [6.45, 7) is 4.62. The molecule has 1 saturated heterocycles. The van der Waals surface area contributed by atoms with E-state index in [0.717, 1.165) is 41.5 Å². The Hall–Kier alpha value is -2.12. The van der Waals surface area contributed by atoms with Gasteiger partial charge in [0.15, 0.2) is 0 Å². The number of amides is 1. The minimum absolute atomic E-state index is 0.210. The zero-order chi connectivity index (χ0) is 17.6. The molecule has 2 heterocycles. The Kier molecular flexibility index (Phi) is 5.88. The molecule has 3 rings (SSSR count). The van der Waals surface area contributed by atoms with Crippen LogP contribution in [0.15, 0.2) is 35.2 Å². The summed E-state index contributed by atoms with van der Waals surface area (Å²) >= 11 is 1.65. The molecular formula is C18H22N4O2S. The summed E-state index contributed by atoms with van der Waals surface area (Å²) in [6, 6.07) is 9.45. The number of carbonyl (C=O) groups excluding carboxylic acids is 1. The second kappa shape index (κ2) is 8.31. The average molecular weight is 358 g/mol. The van der Waals surface area contributed by atoms with Gasteiger partial charge in [0.1, 0.15) is 0 Å². The third-order valence-electron chi connectivity index (χ3n) is 3.85. The molecule has 0 saturated carbocycles. The molecule has 2 N–H and O–H groups in total. The van der Waals surface area contributed by atoms with Gasteiger partial charge in [-0.2, -0.15) is 0 Å². The lowest BCUT2D eigenvalue weighted by Gasteiger charge is -2.13. The fourth-order valence-corrected chi connectivity index (χ4v) is 3.82. The first-order valence-electron chi connectivity index (χ1n) is 8.34. The number of hydrogen-bond acceptors (Lipinski definition) is 6. The summed E-state index contributed by atoms with van der Waals surface area (Å²) in [7, 11) is 0. The van der Waals surface area contributed by atoms with Crippen LogP contribution in [-0.4, -0.2) is 34.3 Å². The Bertz CT molecular complexity index is 727. The largest absolute Gasteiger partial charge is 0.377 e. The lowest BCUT2D eigenvalue weighted by molar-refractivity contribution is 0.0959. The van der Waals surface area contributed by atoms with Gasteiger partial charge in [0, 0.05) is 28.6 Å². The Morgan fingerprint density at radius 3 is 2.76 bits per heavy atom. The molecule has 1 aromatic heterocycles. The SMILES string of the molecule is Cc1cc(C)nc(NNC(=O)c2ccccc2SCC2CCCO2)n1. The number of hydrazine groups is 1. The number of thioether (sulfide) groups is 1. The van der Waals surface area contributed by atoms with E-state index < -0.39 is 0 Å². The van der Waals surface area contributed by atoms with Gasteiger partial charge in [0.2, 0.25) is 5.95 Å². The Labute approximate surface area is 151 Å². The Balaban J connectivity index is 1.63. The number of carbonyl (C=O) groups is 1. The van der Waals surface area contributed by atoms with E-state index in [2.05, 4.69) is 20.8 Å². The number of anilines is 1. The number of aryl methyl sites for hydroxylation is 2. The highest BCUT2D eigenvalue weighted by molar-refractivity contribution is 7.99. The van der Waals surface area contributed by atoms with E-state index in [-0.39, 0.29) is 12.0 Å². The van der Waals surface area contributed by atoms with Gasteiger partial charge in [-0.1, -0.05) is 12.1 Å². The van der Waals surface area contributed by atoms with E-state index in [4.69, 9.17) is 4.74 Å². The summed E-state index contributed by atoms with van der Waals surface area (Å²) in [5.41, 5.74) is 7.79. The minimum atomic E-state index is -0.210. The number of aromatic nitrogens is 2. The second-order valence-electron chi connectivity index (χ2n) is 6.00. The Morgan fingerprint density at radius 1 is 1.28 bits per heavy atom. The highest BCUT2D eigenvalue weighted by Crippen LogP contribution is 2.26. The van der Waals surface area contributed by atoms with E-state index in [0.29, 0.717) is 11.5 Å². The molecule has 1 aliphatic rings. The van der Waals surface area contributed by atoms with Crippen molar-refractivity contribution in [2.24, 2.45) is 0 Å². The predicted molar refractivity (Wildman–Crippen MR) is 98.7 cm³/mol. The molecule has 0 bridgehead atoms. The van der Waals surface area contributed by atoms with Gasteiger partial charge in [-0.05, 0) is 44.9 Å². The summed E-state index contributed by atoms with van der Waals surface area (Å²) in [5, 5.41) is 0. The van der Waals surface area contributed by atoms with Crippen molar-refractivity contribution in [1.29, 1.82) is 0 Å². The zero-order valence-corrected chi connectivity index (χ0v) is 15.2. The van der Waals surface area contributed by atoms with Crippen LogP contribution in [0.1, 0.15) is 34.6 Å². The van der Waals surface area contributed by atoms with Crippen molar-refractivity contribution in [3.05, 3.63) is 47.3 Å². The predicted octanol–water partition coefficient (Wildman–Crippen LogP) is 3.12. The van der Waals surface area contributed by atoms with Gasteiger partial charge >= 0.3 is 0 Å². The average Bonchev–Trinajstić information content (AvgIpc) is 3.11. The fraction of sp³-hybridized carbons (Fsp3) is 0.389. The van der Waals surface area contributed by atoms with Crippen LogP contribution in [0.3, 0.4) is 0 Å². The van der Waals surface area contributed by atoms with Crippen molar-refractivity contribution < 1.29 is 9.53 Å². The molecule has 0 aliphatic carbocycles. The van der Waals surface area contributed by atoms with Crippen molar-refractivity contribution in [3.63, 3.8) is 0 Å². The van der Waals surface area contributed by atoms with Gasteiger partial charge in [-0.15, -0.1) is 11.8 Å². The molecule has 1 aliphatic heterocycles. The van der Waals surface area contributed by atoms with E-state index in [9.17, 15) is 4.79 Å². The molecular weight excluding hydrogens is 336 g/mol. The monoisotopic (exact) mass is 358 g/mol. The van der Waals surface area contributed by atoms with Crippen LogP contribution in [0.25, 0.3) is 0 Å². The third kappa shape index (κ3) is 4.93. The van der Waals surface area contributed by atoms with E-state index >= 15 is 0 Å². The summed E-state index contributed by atoms with van der Waals surface area (Å²) in [4.78, 5) is 22.0. The molecule has 1 amide bonds. The minimum Gasteiger partial charge on any atom is -0.377 e. The number of rotatable bonds is 6. The van der Waals surface area contributed by atoms with Crippen molar-refractivity contribution in [2.45, 2.75) is 37.7 Å². The van der Waals surface area contributed by atoms with Crippen LogP contribution < -0.4 is 10.9 Å². The van der Waals surface area contributed by atoms with Crippen molar-refractivity contribution in [2.75, 3.05) is 17.8 Å². The normalized spacial score (nSPS) is 16.6. The summed E-state index contributed by atoms with van der Waals surface area (Å²) < 4.78 is 5.65. The van der Waals surface area contributed by atoms with Gasteiger partial charge < -0.3 is 4.74 Å². The molecule has 25 heavy (non-hydrogen) atoms. The first kappa shape index (κ1) is 17.7. The molecule has 7 heteroatoms. The topological polar surface area (TPSA) is 76.1 Å². The Morgan fingerprint density at radius 2 is 2.04 bits per heavy atom. The van der Waals surface area contributed by atoms with Crippen LogP contribution in [0.5, 0.6) is 0 Å². The van der Waals surface area contributed by atoms with Crippen LogP contribution in [0, 0.1) is 13.8 Å². The summed E-state index contributed by atoms with van der Waals surface area (Å²) in [5.74, 6) is 1.03. The number of benzene rings is 1. The van der Waals surface area contributed by atoms with Crippen molar-refractivity contribution >= 4 is 23.6 Å². The van der Waals surface area contributed by atoms with Crippen molar-refractivity contribution in [3.8, 4) is 0 Å². The molecule has 6 nitrogen and oxygen atoms in total. The molecule has 0 radical (unpaired) electrons. The number of ether oxygens (including phenoxy) is 1. The summed E-state index contributed by atoms with van der Waals surface area (Å²) in [6.07, 6.45) is 2.49. The lowest BCUT2D eigenvalue weighted by Crippen LogP contribution is -2.31. The lowest BCUT2D eigenvalue weighted by atomic mass is 10.2. The smallest absolute Gasteiger partial charge is 0.270 e. The maximum Gasteiger partial charge on any atom is 0.270 e. The maximum absolute atomic E-state index is 12.5. The molecule has 1 unspecified atom stereocenters. The molecule has 132 valence electrons. The third-order valence-corrected chi connectivity index (χ3v) is 5.06. The van der Waals surface area contributed by atoms with E-state index in [1.54, 1.807) is 11.8 Å². The molecule has 1 atom stereocenters. The van der Waals surface area contributed by atoms with Crippen LogP contribution >= 0.6 is 11.8 Å². The van der Waals surface area contributed by atoms with Gasteiger partial charge in [0.25, 0.3) is 5.91 Å². The first-order valence-corrected chi connectivity index (χ1v) is 9.32. The van der Waals surface area contributed by atoms with Gasteiger partial charge in [-0.3, -0.25) is 15.6 Å². The molecule has 1 aromatic carbocycles. The first-order chi connectivity index (χ1) is 12.1. The van der Waals surface area contributed by atoms with E-state index in [1.165, 1.54) is 0 Å². The number of nitrogens with one attached hydrogen (secondary N) is 2. The quantitative estimate of drug-likeness (QED) is 0.610. The number of hydrogen-bond donors (Lipinski definition) is 2. The second-order valence-corrected chi connectivity index (χ2v) is 7.06. The zero-order valence-electron chi connectivity index (χ0n) is 14.4. The van der Waals surface area contributed by atoms with Gasteiger partial charge in [0.05, 0.1) is 11.7 Å². The highest BCUT2D eigenvalue weighted by Gasteiger charge is 2.18. The van der Waals surface area contributed by atoms with Crippen LogP contribution in [0.2, 0.25) is 0 Å². The maximum atomic E-state index is 12.5. The fourth-order valence-electron chi connectivity index (χ4n) is 2.70. The van der Waals surface area contributed by atoms with Crippen LogP contribution in [-0.2, 0) is 4.74 Å². The molecule has 1 fully saturated rings.